The summed E-state index contributed by atoms with van der Waals surface area (Å²) >= 11 is 11.8. The summed E-state index contributed by atoms with van der Waals surface area (Å²) in [5, 5.41) is 0. The summed E-state index contributed by atoms with van der Waals surface area (Å²) in [6, 6.07) is 4.03. The molecule has 1 amide bonds. The summed E-state index contributed by atoms with van der Waals surface area (Å²) in [5.41, 5.74) is 3.04. The second-order valence-corrected chi connectivity index (χ2v) is 9.27. The number of sulfonamides is 1. The van der Waals surface area contributed by atoms with Gasteiger partial charge in [-0.05, 0) is 36.6 Å². The molecule has 3 rings (SSSR count). The zero-order valence-corrected chi connectivity index (χ0v) is 15.0. The van der Waals surface area contributed by atoms with E-state index in [0.29, 0.717) is 11.1 Å². The minimum Gasteiger partial charge on any atom is -0.291 e. The monoisotopic (exact) mass is 390 g/mol. The topological polar surface area (TPSA) is 92.3 Å². The number of Topliss-reactive ketones (excluding diaryl/α,β-unsaturated/α-hetero) is 1. The molecule has 0 atom stereocenters. The van der Waals surface area contributed by atoms with E-state index in [9.17, 15) is 18.0 Å². The maximum absolute atomic E-state index is 12.3. The van der Waals surface area contributed by atoms with E-state index < -0.39 is 20.1 Å². The summed E-state index contributed by atoms with van der Waals surface area (Å²) in [5.74, 6) is -0.918. The van der Waals surface area contributed by atoms with Gasteiger partial charge in [0.15, 0.2) is 10.1 Å². The van der Waals surface area contributed by atoms with Crippen molar-refractivity contribution in [3.8, 4) is 0 Å². The van der Waals surface area contributed by atoms with E-state index in [-0.39, 0.29) is 23.1 Å². The molecule has 0 aliphatic heterocycles. The average Bonchev–Trinajstić information content (AvgIpc) is 3.12. The maximum atomic E-state index is 12.3. The number of halogens is 2. The van der Waals surface area contributed by atoms with Crippen LogP contribution in [0.3, 0.4) is 0 Å². The smallest absolute Gasteiger partial charge is 0.257 e. The maximum Gasteiger partial charge on any atom is 0.257 e. The van der Waals surface area contributed by atoms with Crippen molar-refractivity contribution in [3.05, 3.63) is 29.3 Å². The third-order valence-corrected chi connectivity index (χ3v) is 6.27. The molecule has 24 heavy (non-hydrogen) atoms. The summed E-state index contributed by atoms with van der Waals surface area (Å²) in [7, 11) is -3.94. The minimum absolute atomic E-state index is 0.0437. The van der Waals surface area contributed by atoms with Crippen molar-refractivity contribution >= 4 is 44.9 Å². The lowest BCUT2D eigenvalue weighted by atomic mass is 10.1. The van der Waals surface area contributed by atoms with E-state index in [1.807, 2.05) is 0 Å². The van der Waals surface area contributed by atoms with Crippen LogP contribution in [-0.4, -0.2) is 24.4 Å². The molecule has 0 radical (unpaired) electrons. The zero-order valence-electron chi connectivity index (χ0n) is 12.6. The van der Waals surface area contributed by atoms with Gasteiger partial charge in [0.25, 0.3) is 10.0 Å². The number of hydrazine groups is 1. The van der Waals surface area contributed by atoms with Gasteiger partial charge in [-0.3, -0.25) is 15.0 Å². The number of amides is 1. The molecule has 130 valence electrons. The number of carbonyl (C=O) groups is 2. The number of ketones is 1. The first kappa shape index (κ1) is 17.7. The van der Waals surface area contributed by atoms with Crippen LogP contribution in [0.5, 0.6) is 0 Å². The second kappa shape index (κ2) is 6.29. The number of rotatable bonds is 4. The van der Waals surface area contributed by atoms with E-state index in [1.54, 1.807) is 0 Å². The molecule has 0 bridgehead atoms. The Hall–Kier alpha value is -1.15. The highest BCUT2D eigenvalue weighted by Crippen LogP contribution is 2.39. The SMILES string of the molecule is O=C(NNS(=O)(=O)c1ccc2c(c1)CC(Cl)(Cl)C2=O)C1CCCC1. The summed E-state index contributed by atoms with van der Waals surface area (Å²) < 4.78 is 23.1. The van der Waals surface area contributed by atoms with Gasteiger partial charge in [-0.15, -0.1) is 4.83 Å². The molecular weight excluding hydrogens is 375 g/mol. The van der Waals surface area contributed by atoms with Gasteiger partial charge in [-0.25, -0.2) is 8.42 Å². The molecule has 0 unspecified atom stereocenters. The Morgan fingerprint density at radius 3 is 2.54 bits per heavy atom. The van der Waals surface area contributed by atoms with Gasteiger partial charge >= 0.3 is 0 Å². The van der Waals surface area contributed by atoms with Crippen molar-refractivity contribution in [1.29, 1.82) is 0 Å². The van der Waals surface area contributed by atoms with Crippen molar-refractivity contribution < 1.29 is 18.0 Å². The Bertz CT molecular complexity index is 802. The van der Waals surface area contributed by atoms with Gasteiger partial charge in [-0.2, -0.15) is 0 Å². The summed E-state index contributed by atoms with van der Waals surface area (Å²) in [4.78, 5) is 25.9. The first-order valence-electron chi connectivity index (χ1n) is 7.58. The van der Waals surface area contributed by atoms with Crippen LogP contribution in [0.2, 0.25) is 0 Å². The van der Waals surface area contributed by atoms with Gasteiger partial charge in [-0.1, -0.05) is 36.0 Å². The van der Waals surface area contributed by atoms with Crippen LogP contribution in [0.25, 0.3) is 0 Å². The second-order valence-electron chi connectivity index (χ2n) is 6.11. The fourth-order valence-electron chi connectivity index (χ4n) is 3.09. The number of alkyl halides is 2. The normalized spacial score (nSPS) is 20.2. The third-order valence-electron chi connectivity index (χ3n) is 4.41. The molecule has 0 aromatic heterocycles. The number of fused-ring (bicyclic) bond motifs is 1. The van der Waals surface area contributed by atoms with Crippen LogP contribution in [0.1, 0.15) is 41.6 Å². The van der Waals surface area contributed by atoms with Gasteiger partial charge in [0.05, 0.1) is 4.90 Å². The van der Waals surface area contributed by atoms with Gasteiger partial charge < -0.3 is 0 Å². The van der Waals surface area contributed by atoms with Crippen molar-refractivity contribution in [3.63, 3.8) is 0 Å². The van der Waals surface area contributed by atoms with Crippen LogP contribution in [0.4, 0.5) is 0 Å². The summed E-state index contributed by atoms with van der Waals surface area (Å²) in [6.07, 6.45) is 3.52. The Labute approximate surface area is 149 Å². The Morgan fingerprint density at radius 1 is 1.21 bits per heavy atom. The number of benzene rings is 1. The predicted molar refractivity (Wildman–Crippen MR) is 89.3 cm³/mol. The standard InChI is InChI=1S/C15H16Cl2N2O4S/c16-15(17)8-10-7-11(5-6-12(10)13(15)20)24(22,23)19-18-14(21)9-3-1-2-4-9/h5-7,9,19H,1-4,8H2,(H,18,21). The Morgan fingerprint density at radius 2 is 1.88 bits per heavy atom. The molecule has 2 aliphatic carbocycles. The lowest BCUT2D eigenvalue weighted by Gasteiger charge is -2.12. The third kappa shape index (κ3) is 3.31. The lowest BCUT2D eigenvalue weighted by Crippen LogP contribution is -2.44. The van der Waals surface area contributed by atoms with Crippen LogP contribution >= 0.6 is 23.2 Å². The molecule has 1 saturated carbocycles. The van der Waals surface area contributed by atoms with E-state index in [0.717, 1.165) is 25.7 Å². The first-order valence-corrected chi connectivity index (χ1v) is 9.82. The highest BCUT2D eigenvalue weighted by molar-refractivity contribution is 7.89. The molecule has 2 aliphatic rings. The molecule has 2 N–H and O–H groups in total. The first-order chi connectivity index (χ1) is 11.2. The fourth-order valence-corrected chi connectivity index (χ4v) is 4.48. The van der Waals surface area contributed by atoms with Gasteiger partial charge in [0.2, 0.25) is 5.91 Å². The highest BCUT2D eigenvalue weighted by atomic mass is 35.5. The van der Waals surface area contributed by atoms with Crippen LogP contribution in [0, 0.1) is 5.92 Å². The minimum atomic E-state index is -3.94. The quantitative estimate of drug-likeness (QED) is 0.607. The van der Waals surface area contributed by atoms with E-state index in [1.165, 1.54) is 18.2 Å². The molecule has 0 saturated heterocycles. The van der Waals surface area contributed by atoms with E-state index in [4.69, 9.17) is 23.2 Å². The predicted octanol–water partition coefficient (Wildman–Crippen LogP) is 2.10. The molecular formula is C15H16Cl2N2O4S. The van der Waals surface area contributed by atoms with Gasteiger partial charge in [0, 0.05) is 17.9 Å². The molecule has 1 aromatic carbocycles. The molecule has 0 heterocycles. The van der Waals surface area contributed by atoms with Crippen LogP contribution in [0.15, 0.2) is 23.1 Å². The molecule has 1 fully saturated rings. The van der Waals surface area contributed by atoms with E-state index >= 15 is 0 Å². The zero-order chi connectivity index (χ0) is 17.5. The van der Waals surface area contributed by atoms with Crippen molar-refractivity contribution in [1.82, 2.24) is 10.3 Å². The highest BCUT2D eigenvalue weighted by Gasteiger charge is 2.42. The number of carbonyl (C=O) groups excluding carboxylic acids is 2. The van der Waals surface area contributed by atoms with Gasteiger partial charge in [0.1, 0.15) is 0 Å². The van der Waals surface area contributed by atoms with Crippen molar-refractivity contribution in [2.45, 2.75) is 41.3 Å². The average molecular weight is 391 g/mol. The number of nitrogens with one attached hydrogen (secondary N) is 2. The molecule has 9 heteroatoms. The van der Waals surface area contributed by atoms with E-state index in [2.05, 4.69) is 10.3 Å². The lowest BCUT2D eigenvalue weighted by molar-refractivity contribution is -0.125. The Kier molecular flexibility index (Phi) is 4.63. The fraction of sp³-hybridized carbons (Fsp3) is 0.467. The van der Waals surface area contributed by atoms with Crippen LogP contribution in [-0.2, 0) is 21.2 Å². The van der Waals surface area contributed by atoms with Crippen molar-refractivity contribution in [2.24, 2.45) is 5.92 Å². The van der Waals surface area contributed by atoms with Crippen LogP contribution < -0.4 is 10.3 Å². The molecule has 0 spiro atoms. The number of hydrogen-bond donors (Lipinski definition) is 2. The molecule has 6 nitrogen and oxygen atoms in total. The largest absolute Gasteiger partial charge is 0.291 e. The Balaban J connectivity index is 1.74. The molecule has 1 aromatic rings. The van der Waals surface area contributed by atoms with Crippen molar-refractivity contribution in [2.75, 3.05) is 0 Å². The number of hydrogen-bond acceptors (Lipinski definition) is 4. The summed E-state index contributed by atoms with van der Waals surface area (Å²) in [6.45, 7) is 0.